The lowest BCUT2D eigenvalue weighted by Gasteiger charge is -2.43. The quantitative estimate of drug-likeness (QED) is 0.583. The van der Waals surface area contributed by atoms with Gasteiger partial charge < -0.3 is 10.4 Å². The maximum absolute atomic E-state index is 10.5. The maximum Gasteiger partial charge on any atom is 0.306 e. The minimum atomic E-state index is -0.621. The van der Waals surface area contributed by atoms with E-state index in [9.17, 15) is 4.79 Å². The molecular weight excluding hydrogens is 142 g/mol. The van der Waals surface area contributed by atoms with Crippen LogP contribution in [0.3, 0.4) is 0 Å². The first kappa shape index (κ1) is 7.10. The summed E-state index contributed by atoms with van der Waals surface area (Å²) in [7, 11) is 0. The smallest absolute Gasteiger partial charge is 0.306 e. The van der Waals surface area contributed by atoms with Crippen LogP contribution in [0.15, 0.2) is 0 Å². The number of carbonyl (C=O) groups is 1. The van der Waals surface area contributed by atoms with Crippen molar-refractivity contribution in [2.24, 2.45) is 5.92 Å². The van der Waals surface area contributed by atoms with E-state index in [4.69, 9.17) is 5.11 Å². The predicted molar refractivity (Wildman–Crippen MR) is 40.3 cm³/mol. The monoisotopic (exact) mass is 155 g/mol. The second kappa shape index (κ2) is 2.21. The van der Waals surface area contributed by atoms with Gasteiger partial charge in [0.2, 0.25) is 0 Å². The Morgan fingerprint density at radius 3 is 2.73 bits per heavy atom. The highest BCUT2D eigenvalue weighted by atomic mass is 16.4. The van der Waals surface area contributed by atoms with Crippen LogP contribution in [-0.4, -0.2) is 23.2 Å². The summed E-state index contributed by atoms with van der Waals surface area (Å²) in [5.41, 5.74) is 0.239. The molecule has 0 aromatic rings. The van der Waals surface area contributed by atoms with Crippen molar-refractivity contribution in [3.8, 4) is 0 Å². The zero-order chi connectivity index (χ0) is 7.90. The number of nitrogens with one attached hydrogen (secondary N) is 1. The van der Waals surface area contributed by atoms with Gasteiger partial charge >= 0.3 is 5.97 Å². The highest BCUT2D eigenvalue weighted by Crippen LogP contribution is 2.43. The second-order valence-corrected chi connectivity index (χ2v) is 3.75. The summed E-state index contributed by atoms with van der Waals surface area (Å²) in [6, 6.07) is 0. The van der Waals surface area contributed by atoms with Gasteiger partial charge in [0.25, 0.3) is 0 Å². The average Bonchev–Trinajstić information content (AvgIpc) is 2.29. The molecule has 0 bridgehead atoms. The Morgan fingerprint density at radius 1 is 1.55 bits per heavy atom. The lowest BCUT2D eigenvalue weighted by atomic mass is 9.67. The van der Waals surface area contributed by atoms with Crippen LogP contribution in [0.25, 0.3) is 0 Å². The first-order valence-electron chi connectivity index (χ1n) is 4.20. The lowest BCUT2D eigenvalue weighted by Crippen LogP contribution is -2.53. The predicted octanol–water partition coefficient (Wildman–Crippen LogP) is 0.603. The summed E-state index contributed by atoms with van der Waals surface area (Å²) < 4.78 is 0. The first-order chi connectivity index (χ1) is 5.22. The Hall–Kier alpha value is -0.570. The molecule has 11 heavy (non-hydrogen) atoms. The van der Waals surface area contributed by atoms with Crippen LogP contribution < -0.4 is 5.32 Å². The summed E-state index contributed by atoms with van der Waals surface area (Å²) in [5, 5.41) is 12.0. The van der Waals surface area contributed by atoms with Crippen LogP contribution in [0, 0.1) is 5.92 Å². The highest BCUT2D eigenvalue weighted by molar-refractivity contribution is 5.71. The molecule has 1 spiro atoms. The maximum atomic E-state index is 10.5. The van der Waals surface area contributed by atoms with E-state index < -0.39 is 5.97 Å². The molecule has 0 aromatic heterocycles. The van der Waals surface area contributed by atoms with Crippen LogP contribution in [0.4, 0.5) is 0 Å². The van der Waals surface area contributed by atoms with E-state index in [2.05, 4.69) is 5.32 Å². The number of aliphatic carboxylic acids is 1. The molecule has 1 aliphatic carbocycles. The molecule has 0 radical (unpaired) electrons. The number of hydrogen-bond acceptors (Lipinski definition) is 2. The van der Waals surface area contributed by atoms with Crippen molar-refractivity contribution in [3.63, 3.8) is 0 Å². The standard InChI is InChI=1S/C8H13NO2/c10-7(11)6-4-8(5-6)2-1-3-9-8/h6,9H,1-5H2,(H,10,11). The van der Waals surface area contributed by atoms with Gasteiger partial charge in [-0.2, -0.15) is 0 Å². The molecule has 0 aromatic carbocycles. The third-order valence-electron chi connectivity index (χ3n) is 2.96. The summed E-state index contributed by atoms with van der Waals surface area (Å²) in [6.45, 7) is 1.08. The van der Waals surface area contributed by atoms with Crippen molar-refractivity contribution in [3.05, 3.63) is 0 Å². The fourth-order valence-corrected chi connectivity index (χ4v) is 2.28. The molecule has 62 valence electrons. The van der Waals surface area contributed by atoms with E-state index >= 15 is 0 Å². The van der Waals surface area contributed by atoms with Gasteiger partial charge in [0.05, 0.1) is 5.92 Å². The minimum absolute atomic E-state index is 0.0689. The van der Waals surface area contributed by atoms with Gasteiger partial charge in [-0.1, -0.05) is 0 Å². The van der Waals surface area contributed by atoms with E-state index in [-0.39, 0.29) is 11.5 Å². The molecule has 2 rings (SSSR count). The van der Waals surface area contributed by atoms with Gasteiger partial charge in [0.1, 0.15) is 0 Å². The van der Waals surface area contributed by atoms with E-state index in [1.165, 1.54) is 12.8 Å². The number of carboxylic acids is 1. The van der Waals surface area contributed by atoms with E-state index in [1.54, 1.807) is 0 Å². The van der Waals surface area contributed by atoms with Gasteiger partial charge in [-0.15, -0.1) is 0 Å². The normalized spacial score (nSPS) is 42.4. The summed E-state index contributed by atoms with van der Waals surface area (Å²) in [6.07, 6.45) is 4.09. The van der Waals surface area contributed by atoms with E-state index in [0.29, 0.717) is 0 Å². The Kier molecular flexibility index (Phi) is 1.42. The van der Waals surface area contributed by atoms with Crippen molar-refractivity contribution in [2.45, 2.75) is 31.2 Å². The van der Waals surface area contributed by atoms with Crippen LogP contribution >= 0.6 is 0 Å². The summed E-state index contributed by atoms with van der Waals surface area (Å²) in [4.78, 5) is 10.5. The lowest BCUT2D eigenvalue weighted by molar-refractivity contribution is -0.147. The second-order valence-electron chi connectivity index (χ2n) is 3.75. The number of hydrogen-bond donors (Lipinski definition) is 2. The van der Waals surface area contributed by atoms with E-state index in [0.717, 1.165) is 19.4 Å². The van der Waals surface area contributed by atoms with Crippen molar-refractivity contribution in [1.82, 2.24) is 5.32 Å². The molecule has 1 saturated carbocycles. The van der Waals surface area contributed by atoms with Gasteiger partial charge in [-0.25, -0.2) is 0 Å². The number of rotatable bonds is 1. The third-order valence-corrected chi connectivity index (χ3v) is 2.96. The summed E-state index contributed by atoms with van der Waals surface area (Å²) in [5.74, 6) is -0.690. The molecule has 2 N–H and O–H groups in total. The van der Waals surface area contributed by atoms with Gasteiger partial charge in [0.15, 0.2) is 0 Å². The molecule has 1 heterocycles. The van der Waals surface area contributed by atoms with Crippen molar-refractivity contribution in [1.29, 1.82) is 0 Å². The molecule has 0 atom stereocenters. The minimum Gasteiger partial charge on any atom is -0.481 e. The molecule has 0 amide bonds. The van der Waals surface area contributed by atoms with Crippen LogP contribution in [0.5, 0.6) is 0 Å². The van der Waals surface area contributed by atoms with Crippen LogP contribution in [0.2, 0.25) is 0 Å². The Morgan fingerprint density at radius 2 is 2.27 bits per heavy atom. The molecule has 1 saturated heterocycles. The Labute approximate surface area is 65.8 Å². The van der Waals surface area contributed by atoms with Crippen molar-refractivity contribution in [2.75, 3.05) is 6.54 Å². The molecule has 2 aliphatic rings. The van der Waals surface area contributed by atoms with Gasteiger partial charge in [0, 0.05) is 5.54 Å². The highest BCUT2D eigenvalue weighted by Gasteiger charge is 2.48. The fraction of sp³-hybridized carbons (Fsp3) is 0.875. The Bertz CT molecular complexity index is 177. The van der Waals surface area contributed by atoms with Crippen molar-refractivity contribution >= 4 is 5.97 Å². The zero-order valence-corrected chi connectivity index (χ0v) is 6.47. The zero-order valence-electron chi connectivity index (χ0n) is 6.47. The van der Waals surface area contributed by atoms with Crippen molar-refractivity contribution < 1.29 is 9.90 Å². The topological polar surface area (TPSA) is 49.3 Å². The molecule has 3 heteroatoms. The van der Waals surface area contributed by atoms with Crippen LogP contribution in [0.1, 0.15) is 25.7 Å². The molecule has 2 fully saturated rings. The third kappa shape index (κ3) is 1.03. The van der Waals surface area contributed by atoms with Crippen LogP contribution in [-0.2, 0) is 4.79 Å². The fourth-order valence-electron chi connectivity index (χ4n) is 2.28. The van der Waals surface area contributed by atoms with Gasteiger partial charge in [-0.3, -0.25) is 4.79 Å². The average molecular weight is 155 g/mol. The van der Waals surface area contributed by atoms with Gasteiger partial charge in [-0.05, 0) is 32.2 Å². The number of carboxylic acid groups (broad SMARTS) is 1. The Balaban J connectivity index is 1.91. The largest absolute Gasteiger partial charge is 0.481 e. The molecule has 1 aliphatic heterocycles. The van der Waals surface area contributed by atoms with E-state index in [1.807, 2.05) is 0 Å². The SMILES string of the molecule is O=C(O)C1CC2(CCCN2)C1. The summed E-state index contributed by atoms with van der Waals surface area (Å²) >= 11 is 0. The molecule has 0 unspecified atom stereocenters. The molecule has 3 nitrogen and oxygen atoms in total. The molecular formula is C8H13NO2. The first-order valence-corrected chi connectivity index (χ1v) is 4.20.